The SMILES string of the molecule is COCCN(Cc1ccc(C)o1)C(=O)[C@@H]1C[C@H](OC)CN1C. The number of aryl methyl sites for hydroxylation is 1. The van der Waals surface area contributed by atoms with Crippen LogP contribution in [0.5, 0.6) is 0 Å². The Morgan fingerprint density at radius 3 is 2.77 bits per heavy atom. The fourth-order valence-corrected chi connectivity index (χ4v) is 2.85. The molecular weight excluding hydrogens is 284 g/mol. The summed E-state index contributed by atoms with van der Waals surface area (Å²) in [4.78, 5) is 16.7. The van der Waals surface area contributed by atoms with Gasteiger partial charge in [-0.15, -0.1) is 0 Å². The van der Waals surface area contributed by atoms with E-state index in [4.69, 9.17) is 13.9 Å². The van der Waals surface area contributed by atoms with Crippen LogP contribution in [0.15, 0.2) is 16.5 Å². The van der Waals surface area contributed by atoms with Gasteiger partial charge in [-0.1, -0.05) is 0 Å². The van der Waals surface area contributed by atoms with E-state index in [-0.39, 0.29) is 18.1 Å². The second-order valence-corrected chi connectivity index (χ2v) is 5.81. The van der Waals surface area contributed by atoms with Crippen LogP contribution in [0, 0.1) is 6.92 Å². The summed E-state index contributed by atoms with van der Waals surface area (Å²) in [6.45, 7) is 4.22. The van der Waals surface area contributed by atoms with Gasteiger partial charge in [0.25, 0.3) is 0 Å². The van der Waals surface area contributed by atoms with Crippen LogP contribution in [0.1, 0.15) is 17.9 Å². The molecule has 0 bridgehead atoms. The van der Waals surface area contributed by atoms with Crippen LogP contribution in [-0.2, 0) is 20.8 Å². The second kappa shape index (κ2) is 7.76. The summed E-state index contributed by atoms with van der Waals surface area (Å²) in [5, 5.41) is 0. The number of methoxy groups -OCH3 is 2. The van der Waals surface area contributed by atoms with Gasteiger partial charge in [-0.3, -0.25) is 9.69 Å². The molecule has 1 aromatic heterocycles. The number of ether oxygens (including phenoxy) is 2. The lowest BCUT2D eigenvalue weighted by atomic mass is 10.1. The first-order chi connectivity index (χ1) is 10.5. The zero-order valence-corrected chi connectivity index (χ0v) is 13.9. The number of nitrogens with zero attached hydrogens (tertiary/aromatic N) is 2. The quantitative estimate of drug-likeness (QED) is 0.759. The van der Waals surface area contributed by atoms with E-state index < -0.39 is 0 Å². The van der Waals surface area contributed by atoms with Crippen molar-refractivity contribution < 1.29 is 18.7 Å². The topological polar surface area (TPSA) is 55.1 Å². The van der Waals surface area contributed by atoms with E-state index in [1.54, 1.807) is 19.1 Å². The van der Waals surface area contributed by atoms with E-state index in [9.17, 15) is 4.79 Å². The van der Waals surface area contributed by atoms with Gasteiger partial charge in [-0.05, 0) is 32.5 Å². The van der Waals surface area contributed by atoms with Crippen LogP contribution in [-0.4, -0.2) is 68.8 Å². The Morgan fingerprint density at radius 2 is 2.23 bits per heavy atom. The Balaban J connectivity index is 2.05. The molecule has 1 aliphatic rings. The molecular formula is C16H26N2O4. The van der Waals surface area contributed by atoms with Gasteiger partial charge in [-0.2, -0.15) is 0 Å². The molecule has 0 saturated carbocycles. The minimum atomic E-state index is -0.141. The van der Waals surface area contributed by atoms with E-state index in [1.807, 2.05) is 26.1 Å². The summed E-state index contributed by atoms with van der Waals surface area (Å²) in [5.41, 5.74) is 0. The van der Waals surface area contributed by atoms with Gasteiger partial charge in [0.2, 0.25) is 5.91 Å². The molecule has 0 aliphatic carbocycles. The minimum Gasteiger partial charge on any atom is -0.464 e. The number of amides is 1. The number of carbonyl (C=O) groups excluding carboxylic acids is 1. The zero-order valence-electron chi connectivity index (χ0n) is 13.9. The van der Waals surface area contributed by atoms with Gasteiger partial charge in [0.15, 0.2) is 0 Å². The highest BCUT2D eigenvalue weighted by Gasteiger charge is 2.36. The van der Waals surface area contributed by atoms with Crippen LogP contribution in [0.4, 0.5) is 0 Å². The van der Waals surface area contributed by atoms with Gasteiger partial charge < -0.3 is 18.8 Å². The molecule has 1 fully saturated rings. The van der Waals surface area contributed by atoms with Crippen LogP contribution in [0.2, 0.25) is 0 Å². The number of carbonyl (C=O) groups is 1. The highest BCUT2D eigenvalue weighted by molar-refractivity contribution is 5.82. The first-order valence-corrected chi connectivity index (χ1v) is 7.61. The lowest BCUT2D eigenvalue weighted by Crippen LogP contribution is -2.45. The van der Waals surface area contributed by atoms with Crippen molar-refractivity contribution in [3.63, 3.8) is 0 Å². The lowest BCUT2D eigenvalue weighted by molar-refractivity contribution is -0.137. The van der Waals surface area contributed by atoms with Crippen molar-refractivity contribution in [3.05, 3.63) is 23.7 Å². The van der Waals surface area contributed by atoms with Crippen LogP contribution >= 0.6 is 0 Å². The minimum absolute atomic E-state index is 0.105. The predicted molar refractivity (Wildman–Crippen MR) is 82.6 cm³/mol. The second-order valence-electron chi connectivity index (χ2n) is 5.81. The fraction of sp³-hybridized carbons (Fsp3) is 0.688. The summed E-state index contributed by atoms with van der Waals surface area (Å²) in [7, 11) is 5.30. The van der Waals surface area contributed by atoms with Crippen LogP contribution in [0.3, 0.4) is 0 Å². The molecule has 1 saturated heterocycles. The van der Waals surface area contributed by atoms with Gasteiger partial charge in [0.1, 0.15) is 11.5 Å². The smallest absolute Gasteiger partial charge is 0.240 e. The average Bonchev–Trinajstić information content (AvgIpc) is 3.08. The van der Waals surface area contributed by atoms with Crippen molar-refractivity contribution in [2.45, 2.75) is 32.0 Å². The number of hydrogen-bond acceptors (Lipinski definition) is 5. The molecule has 1 aromatic rings. The standard InChI is InChI=1S/C16H26N2O4/c1-12-5-6-13(22-12)11-18(7-8-20-3)16(19)15-9-14(21-4)10-17(15)2/h5-6,14-15H,7-11H2,1-4H3/t14-,15-/m0/s1. The van der Waals surface area contributed by atoms with E-state index in [0.29, 0.717) is 19.7 Å². The molecule has 124 valence electrons. The first-order valence-electron chi connectivity index (χ1n) is 7.61. The average molecular weight is 310 g/mol. The van der Waals surface area contributed by atoms with Crippen molar-refractivity contribution in [3.8, 4) is 0 Å². The van der Waals surface area contributed by atoms with Crippen molar-refractivity contribution in [1.29, 1.82) is 0 Å². The predicted octanol–water partition coefficient (Wildman–Crippen LogP) is 1.28. The van der Waals surface area contributed by atoms with Crippen LogP contribution in [0.25, 0.3) is 0 Å². The number of rotatable bonds is 7. The first kappa shape index (κ1) is 17.0. The van der Waals surface area contributed by atoms with E-state index in [0.717, 1.165) is 24.5 Å². The lowest BCUT2D eigenvalue weighted by Gasteiger charge is -2.27. The third-order valence-electron chi connectivity index (χ3n) is 4.15. The van der Waals surface area contributed by atoms with Gasteiger partial charge in [0.05, 0.1) is 25.3 Å². The fourth-order valence-electron chi connectivity index (χ4n) is 2.85. The molecule has 6 nitrogen and oxygen atoms in total. The molecule has 0 radical (unpaired) electrons. The molecule has 2 heterocycles. The van der Waals surface area contributed by atoms with E-state index >= 15 is 0 Å². The number of likely N-dealkylation sites (tertiary alicyclic amines) is 1. The van der Waals surface area contributed by atoms with Gasteiger partial charge in [-0.25, -0.2) is 0 Å². The zero-order chi connectivity index (χ0) is 16.1. The van der Waals surface area contributed by atoms with E-state index in [1.165, 1.54) is 0 Å². The van der Waals surface area contributed by atoms with Gasteiger partial charge >= 0.3 is 0 Å². The molecule has 0 aromatic carbocycles. The molecule has 6 heteroatoms. The van der Waals surface area contributed by atoms with Crippen molar-refractivity contribution in [2.75, 3.05) is 41.0 Å². The van der Waals surface area contributed by atoms with Gasteiger partial charge in [0, 0.05) is 27.3 Å². The molecule has 0 unspecified atom stereocenters. The number of furan rings is 1. The molecule has 22 heavy (non-hydrogen) atoms. The van der Waals surface area contributed by atoms with Crippen molar-refractivity contribution >= 4 is 5.91 Å². The van der Waals surface area contributed by atoms with Crippen molar-refractivity contribution in [2.24, 2.45) is 0 Å². The van der Waals surface area contributed by atoms with Crippen molar-refractivity contribution in [1.82, 2.24) is 9.80 Å². The molecule has 0 spiro atoms. The molecule has 2 atom stereocenters. The highest BCUT2D eigenvalue weighted by Crippen LogP contribution is 2.21. The highest BCUT2D eigenvalue weighted by atomic mass is 16.5. The molecule has 2 rings (SSSR count). The molecule has 0 N–H and O–H groups in total. The maximum atomic E-state index is 12.9. The van der Waals surface area contributed by atoms with E-state index in [2.05, 4.69) is 4.90 Å². The third kappa shape index (κ3) is 4.09. The Kier molecular flexibility index (Phi) is 5.99. The molecule has 1 aliphatic heterocycles. The molecule has 1 amide bonds. The normalized spacial score (nSPS) is 22.2. The summed E-state index contributed by atoms with van der Waals surface area (Å²) >= 11 is 0. The summed E-state index contributed by atoms with van der Waals surface area (Å²) in [5.74, 6) is 1.76. The Hall–Kier alpha value is -1.37. The summed E-state index contributed by atoms with van der Waals surface area (Å²) < 4.78 is 16.1. The largest absolute Gasteiger partial charge is 0.464 e. The Labute approximate surface area is 132 Å². The third-order valence-corrected chi connectivity index (χ3v) is 4.15. The Morgan fingerprint density at radius 1 is 1.45 bits per heavy atom. The van der Waals surface area contributed by atoms with Crippen LogP contribution < -0.4 is 0 Å². The Bertz CT molecular complexity index is 488. The number of hydrogen-bond donors (Lipinski definition) is 0. The maximum absolute atomic E-state index is 12.9. The summed E-state index contributed by atoms with van der Waals surface area (Å²) in [6, 6.07) is 3.69. The maximum Gasteiger partial charge on any atom is 0.240 e. The monoisotopic (exact) mass is 310 g/mol. The number of likely N-dealkylation sites (N-methyl/N-ethyl adjacent to an activating group) is 1. The summed E-state index contributed by atoms with van der Waals surface area (Å²) in [6.07, 6.45) is 0.848.